The predicted octanol–water partition coefficient (Wildman–Crippen LogP) is 5.80. The largest absolute Gasteiger partial charge is 0.450 e. The highest BCUT2D eigenvalue weighted by Gasteiger charge is 2.22. The lowest BCUT2D eigenvalue weighted by molar-refractivity contribution is 0.101. The van der Waals surface area contributed by atoms with Gasteiger partial charge in [-0.15, -0.1) is 0 Å². The Balaban J connectivity index is 1.82. The highest BCUT2D eigenvalue weighted by molar-refractivity contribution is 6.37. The van der Waals surface area contributed by atoms with Gasteiger partial charge in [0, 0.05) is 27.2 Å². The van der Waals surface area contributed by atoms with Gasteiger partial charge >= 0.3 is 0 Å². The molecule has 4 N–H and O–H groups in total. The zero-order valence-corrected chi connectivity index (χ0v) is 15.5. The molecule has 0 fully saturated rings. The van der Waals surface area contributed by atoms with Crippen molar-refractivity contribution >= 4 is 51.3 Å². The quantitative estimate of drug-likeness (QED) is 0.338. The van der Waals surface area contributed by atoms with E-state index in [0.717, 1.165) is 11.1 Å². The third-order valence-electron chi connectivity index (χ3n) is 4.38. The Morgan fingerprint density at radius 3 is 2.44 bits per heavy atom. The number of para-hydroxylation sites is 1. The average Bonchev–Trinajstić information content (AvgIpc) is 2.98. The van der Waals surface area contributed by atoms with Crippen molar-refractivity contribution in [3.05, 3.63) is 82.0 Å². The molecule has 0 spiro atoms. The molecule has 0 saturated carbocycles. The number of rotatable bonds is 3. The molecule has 4 nitrogen and oxygen atoms in total. The van der Waals surface area contributed by atoms with E-state index in [1.807, 2.05) is 42.5 Å². The van der Waals surface area contributed by atoms with Gasteiger partial charge in [0.05, 0.1) is 10.7 Å². The first-order valence-corrected chi connectivity index (χ1v) is 8.88. The number of furan rings is 1. The van der Waals surface area contributed by atoms with Crippen LogP contribution in [0.1, 0.15) is 16.1 Å². The van der Waals surface area contributed by atoms with E-state index in [4.69, 9.17) is 39.1 Å². The van der Waals surface area contributed by atoms with Crippen molar-refractivity contribution in [3.63, 3.8) is 0 Å². The minimum Gasteiger partial charge on any atom is -0.450 e. The zero-order chi connectivity index (χ0) is 19.1. The number of carbonyl (C=O) groups excluding carboxylic acids is 1. The number of carbonyl (C=O) groups is 1. The van der Waals surface area contributed by atoms with Gasteiger partial charge in [-0.1, -0.05) is 47.5 Å². The van der Waals surface area contributed by atoms with E-state index in [1.165, 1.54) is 6.07 Å². The van der Waals surface area contributed by atoms with Crippen molar-refractivity contribution in [1.82, 2.24) is 0 Å². The molecule has 134 valence electrons. The van der Waals surface area contributed by atoms with Crippen molar-refractivity contribution in [2.75, 3.05) is 11.5 Å². The maximum absolute atomic E-state index is 12.9. The molecule has 4 rings (SSSR count). The second-order valence-electron chi connectivity index (χ2n) is 6.10. The van der Waals surface area contributed by atoms with E-state index in [1.54, 1.807) is 12.1 Å². The summed E-state index contributed by atoms with van der Waals surface area (Å²) in [7, 11) is 0. The van der Waals surface area contributed by atoms with Crippen molar-refractivity contribution in [2.45, 2.75) is 0 Å². The van der Waals surface area contributed by atoms with E-state index in [-0.39, 0.29) is 22.0 Å². The standard InChI is InChI=1S/C21H14Cl2N2O2/c22-12-6-8-14(16(23)10-12)20(26)21-19(25)15-7-5-11(9-18(15)27-21)13-3-1-2-4-17(13)24/h1-10H,24-25H2. The van der Waals surface area contributed by atoms with Crippen LogP contribution in [0.15, 0.2) is 65.1 Å². The summed E-state index contributed by atoms with van der Waals surface area (Å²) in [5.74, 6) is -0.349. The molecule has 0 bridgehead atoms. The first-order valence-electron chi connectivity index (χ1n) is 8.12. The molecule has 6 heteroatoms. The van der Waals surface area contributed by atoms with E-state index >= 15 is 0 Å². The van der Waals surface area contributed by atoms with Crippen LogP contribution in [0.2, 0.25) is 10.0 Å². The van der Waals surface area contributed by atoms with Gasteiger partial charge in [-0.25, -0.2) is 0 Å². The summed E-state index contributed by atoms with van der Waals surface area (Å²) in [5.41, 5.74) is 15.7. The maximum Gasteiger partial charge on any atom is 0.231 e. The van der Waals surface area contributed by atoms with E-state index in [0.29, 0.717) is 21.7 Å². The minimum atomic E-state index is -0.397. The van der Waals surface area contributed by atoms with Gasteiger partial charge in [0.25, 0.3) is 0 Å². The molecule has 27 heavy (non-hydrogen) atoms. The van der Waals surface area contributed by atoms with Crippen LogP contribution in [0.5, 0.6) is 0 Å². The van der Waals surface area contributed by atoms with Crippen molar-refractivity contribution in [3.8, 4) is 11.1 Å². The lowest BCUT2D eigenvalue weighted by Crippen LogP contribution is -2.03. The fourth-order valence-electron chi connectivity index (χ4n) is 3.01. The summed E-state index contributed by atoms with van der Waals surface area (Å²) in [6, 6.07) is 17.7. The maximum atomic E-state index is 12.9. The van der Waals surface area contributed by atoms with Crippen LogP contribution in [0.25, 0.3) is 22.1 Å². The van der Waals surface area contributed by atoms with E-state index in [2.05, 4.69) is 0 Å². The van der Waals surface area contributed by atoms with Crippen molar-refractivity contribution in [2.24, 2.45) is 0 Å². The Labute approximate surface area is 165 Å². The number of benzene rings is 3. The van der Waals surface area contributed by atoms with Gasteiger partial charge in [0.1, 0.15) is 5.58 Å². The minimum absolute atomic E-state index is 0.0485. The molecule has 0 atom stereocenters. The van der Waals surface area contributed by atoms with Gasteiger partial charge in [-0.3, -0.25) is 4.79 Å². The SMILES string of the molecule is Nc1ccccc1-c1ccc2c(N)c(C(=O)c3ccc(Cl)cc3Cl)oc2c1. The molecule has 0 aliphatic rings. The van der Waals surface area contributed by atoms with Crippen LogP contribution in [0, 0.1) is 0 Å². The van der Waals surface area contributed by atoms with Crippen LogP contribution in [-0.2, 0) is 0 Å². The monoisotopic (exact) mass is 396 g/mol. The van der Waals surface area contributed by atoms with Crippen molar-refractivity contribution in [1.29, 1.82) is 0 Å². The molecule has 1 aromatic heterocycles. The molecular weight excluding hydrogens is 383 g/mol. The number of fused-ring (bicyclic) bond motifs is 1. The summed E-state index contributed by atoms with van der Waals surface area (Å²) in [6.07, 6.45) is 0. The molecule has 0 amide bonds. The molecule has 0 saturated heterocycles. The second kappa shape index (κ2) is 6.65. The summed E-state index contributed by atoms with van der Waals surface area (Å²) in [4.78, 5) is 12.9. The smallest absolute Gasteiger partial charge is 0.231 e. The fourth-order valence-corrected chi connectivity index (χ4v) is 3.50. The van der Waals surface area contributed by atoms with Crippen LogP contribution in [-0.4, -0.2) is 5.78 Å². The van der Waals surface area contributed by atoms with Crippen LogP contribution in [0.3, 0.4) is 0 Å². The Kier molecular flexibility index (Phi) is 4.30. The Hall–Kier alpha value is -2.95. The molecule has 0 radical (unpaired) electrons. The van der Waals surface area contributed by atoms with E-state index in [9.17, 15) is 4.79 Å². The van der Waals surface area contributed by atoms with Crippen molar-refractivity contribution < 1.29 is 9.21 Å². The number of hydrogen-bond donors (Lipinski definition) is 2. The molecule has 3 aromatic carbocycles. The van der Waals surface area contributed by atoms with Crippen LogP contribution in [0.4, 0.5) is 11.4 Å². The molecule has 0 unspecified atom stereocenters. The van der Waals surface area contributed by atoms with E-state index < -0.39 is 5.78 Å². The average molecular weight is 397 g/mol. The number of nitrogen functional groups attached to an aromatic ring is 2. The first kappa shape index (κ1) is 17.5. The third-order valence-corrected chi connectivity index (χ3v) is 4.93. The Morgan fingerprint density at radius 2 is 1.70 bits per heavy atom. The summed E-state index contributed by atoms with van der Waals surface area (Å²) in [6.45, 7) is 0. The number of halogens is 2. The van der Waals surface area contributed by atoms with Gasteiger partial charge in [-0.05, 0) is 42.0 Å². The Bertz CT molecular complexity index is 1200. The number of hydrogen-bond acceptors (Lipinski definition) is 4. The number of anilines is 2. The highest BCUT2D eigenvalue weighted by Crippen LogP contribution is 2.35. The lowest BCUT2D eigenvalue weighted by Gasteiger charge is -2.05. The molecular formula is C21H14Cl2N2O2. The zero-order valence-electron chi connectivity index (χ0n) is 14.0. The Morgan fingerprint density at radius 1 is 0.926 bits per heavy atom. The molecule has 4 aromatic rings. The van der Waals surface area contributed by atoms with Gasteiger partial charge in [0.2, 0.25) is 5.78 Å². The number of ketones is 1. The fraction of sp³-hybridized carbons (Fsp3) is 0. The predicted molar refractivity (Wildman–Crippen MR) is 110 cm³/mol. The molecule has 0 aliphatic heterocycles. The summed E-state index contributed by atoms with van der Waals surface area (Å²) >= 11 is 12.0. The number of nitrogens with two attached hydrogens (primary N) is 2. The topological polar surface area (TPSA) is 82.2 Å². The lowest BCUT2D eigenvalue weighted by atomic mass is 10.0. The normalized spacial score (nSPS) is 11.0. The first-order chi connectivity index (χ1) is 13.0. The van der Waals surface area contributed by atoms with Gasteiger partial charge in [0.15, 0.2) is 5.76 Å². The summed E-state index contributed by atoms with van der Waals surface area (Å²) < 4.78 is 5.80. The summed E-state index contributed by atoms with van der Waals surface area (Å²) in [5, 5.41) is 1.34. The van der Waals surface area contributed by atoms with Crippen LogP contribution >= 0.6 is 23.2 Å². The molecule has 1 heterocycles. The van der Waals surface area contributed by atoms with Gasteiger partial charge in [-0.2, -0.15) is 0 Å². The second-order valence-corrected chi connectivity index (χ2v) is 6.94. The third kappa shape index (κ3) is 3.03. The van der Waals surface area contributed by atoms with Gasteiger partial charge < -0.3 is 15.9 Å². The molecule has 0 aliphatic carbocycles. The van der Waals surface area contributed by atoms with Crippen LogP contribution < -0.4 is 11.5 Å². The highest BCUT2D eigenvalue weighted by atomic mass is 35.5.